The zero-order valence-corrected chi connectivity index (χ0v) is 12.4. The topological polar surface area (TPSA) is 20.3 Å². The third-order valence-electron chi connectivity index (χ3n) is 3.97. The molecule has 1 aromatic carbocycles. The Kier molecular flexibility index (Phi) is 4.62. The van der Waals surface area contributed by atoms with Crippen LogP contribution in [0.5, 0.6) is 0 Å². The predicted octanol–water partition coefficient (Wildman–Crippen LogP) is 4.09. The minimum atomic E-state index is 0.306. The number of likely N-dealkylation sites (tertiary alicyclic amines) is 1. The first-order valence-corrected chi connectivity index (χ1v) is 7.44. The molecule has 0 spiro atoms. The van der Waals surface area contributed by atoms with Crippen LogP contribution < -0.4 is 0 Å². The number of rotatable bonds is 5. The average molecular weight is 259 g/mol. The molecule has 2 rings (SSSR count). The number of nitrogens with zero attached hydrogens (tertiary/aromatic N) is 1. The number of hydrogen-bond donors (Lipinski definition) is 0. The van der Waals surface area contributed by atoms with E-state index in [-0.39, 0.29) is 0 Å². The molecule has 0 bridgehead atoms. The van der Waals surface area contributed by atoms with Crippen molar-refractivity contribution in [2.75, 3.05) is 6.54 Å². The lowest BCUT2D eigenvalue weighted by Gasteiger charge is -2.25. The van der Waals surface area contributed by atoms with Crippen LogP contribution in [-0.2, 0) is 4.79 Å². The molecule has 2 nitrogen and oxygen atoms in total. The first-order chi connectivity index (χ1) is 9.08. The molecule has 0 saturated carbocycles. The molecule has 0 N–H and O–H groups in total. The van der Waals surface area contributed by atoms with Crippen molar-refractivity contribution in [3.05, 3.63) is 35.4 Å². The van der Waals surface area contributed by atoms with Crippen LogP contribution in [0.3, 0.4) is 0 Å². The maximum absolute atomic E-state index is 12.0. The van der Waals surface area contributed by atoms with Gasteiger partial charge in [-0.1, -0.05) is 43.7 Å². The Balaban J connectivity index is 2.02. The van der Waals surface area contributed by atoms with Gasteiger partial charge in [0.25, 0.3) is 0 Å². The highest BCUT2D eigenvalue weighted by molar-refractivity contribution is 5.79. The van der Waals surface area contributed by atoms with Gasteiger partial charge in [0.15, 0.2) is 0 Å². The third-order valence-corrected chi connectivity index (χ3v) is 3.97. The summed E-state index contributed by atoms with van der Waals surface area (Å²) < 4.78 is 0. The van der Waals surface area contributed by atoms with E-state index in [4.69, 9.17) is 0 Å². The largest absolute Gasteiger partial charge is 0.336 e. The molecular formula is C17H25NO. The van der Waals surface area contributed by atoms with E-state index >= 15 is 0 Å². The molecule has 1 amide bonds. The smallest absolute Gasteiger partial charge is 0.223 e. The molecule has 1 saturated heterocycles. The Morgan fingerprint density at radius 3 is 2.58 bits per heavy atom. The highest BCUT2D eigenvalue weighted by atomic mass is 16.2. The monoisotopic (exact) mass is 259 g/mol. The number of carbonyl (C=O) groups excluding carboxylic acids is 1. The molecule has 1 aliphatic heterocycles. The van der Waals surface area contributed by atoms with Gasteiger partial charge in [0.2, 0.25) is 5.91 Å². The fraction of sp³-hybridized carbons (Fsp3) is 0.588. The van der Waals surface area contributed by atoms with E-state index in [1.165, 1.54) is 17.5 Å². The molecule has 19 heavy (non-hydrogen) atoms. The number of amides is 1. The van der Waals surface area contributed by atoms with E-state index in [0.717, 1.165) is 25.3 Å². The predicted molar refractivity (Wildman–Crippen MR) is 78.9 cm³/mol. The Hall–Kier alpha value is -1.31. The van der Waals surface area contributed by atoms with Gasteiger partial charge in [0, 0.05) is 13.0 Å². The molecule has 2 heteroatoms. The van der Waals surface area contributed by atoms with Gasteiger partial charge in [-0.25, -0.2) is 0 Å². The molecular weight excluding hydrogens is 234 g/mol. The summed E-state index contributed by atoms with van der Waals surface area (Å²) in [6.07, 6.45) is 4.00. The second kappa shape index (κ2) is 6.23. The second-order valence-corrected chi connectivity index (χ2v) is 6.09. The summed E-state index contributed by atoms with van der Waals surface area (Å²) in [6.45, 7) is 7.49. The molecule has 0 radical (unpaired) electrons. The molecule has 1 fully saturated rings. The van der Waals surface area contributed by atoms with E-state index < -0.39 is 0 Å². The minimum Gasteiger partial charge on any atom is -0.336 e. The molecule has 1 atom stereocenters. The quantitative estimate of drug-likeness (QED) is 0.779. The van der Waals surface area contributed by atoms with Crippen LogP contribution in [0.4, 0.5) is 0 Å². The van der Waals surface area contributed by atoms with Crippen molar-refractivity contribution >= 4 is 5.91 Å². The summed E-state index contributed by atoms with van der Waals surface area (Å²) in [6, 6.07) is 8.94. The van der Waals surface area contributed by atoms with Crippen LogP contribution >= 0.6 is 0 Å². The van der Waals surface area contributed by atoms with Gasteiger partial charge >= 0.3 is 0 Å². The lowest BCUT2D eigenvalue weighted by Crippen LogP contribution is -2.28. The standard InChI is InChI=1S/C17H25NO/c1-13(2)5-4-12-18-16(10-11-17(18)19)15-8-6-14(3)7-9-15/h6-9,13,16H,4-5,10-12H2,1-3H3. The van der Waals surface area contributed by atoms with Crippen molar-refractivity contribution in [2.45, 2.75) is 52.5 Å². The summed E-state index contributed by atoms with van der Waals surface area (Å²) >= 11 is 0. The highest BCUT2D eigenvalue weighted by Gasteiger charge is 2.31. The van der Waals surface area contributed by atoms with Crippen molar-refractivity contribution in [2.24, 2.45) is 5.92 Å². The molecule has 0 aromatic heterocycles. The zero-order valence-electron chi connectivity index (χ0n) is 12.4. The maximum atomic E-state index is 12.0. The molecule has 1 unspecified atom stereocenters. The number of hydrogen-bond acceptors (Lipinski definition) is 1. The van der Waals surface area contributed by atoms with Crippen LogP contribution in [0.25, 0.3) is 0 Å². The van der Waals surface area contributed by atoms with Gasteiger partial charge < -0.3 is 4.90 Å². The summed E-state index contributed by atoms with van der Waals surface area (Å²) in [4.78, 5) is 14.1. The first-order valence-electron chi connectivity index (χ1n) is 7.44. The first kappa shape index (κ1) is 14.1. The van der Waals surface area contributed by atoms with E-state index in [9.17, 15) is 4.79 Å². The van der Waals surface area contributed by atoms with E-state index in [0.29, 0.717) is 18.4 Å². The number of aryl methyl sites for hydroxylation is 1. The summed E-state index contributed by atoms with van der Waals surface area (Å²) in [5.41, 5.74) is 2.57. The number of carbonyl (C=O) groups is 1. The number of benzene rings is 1. The van der Waals surface area contributed by atoms with Crippen molar-refractivity contribution in [3.63, 3.8) is 0 Å². The molecule has 1 aromatic rings. The molecule has 1 heterocycles. The van der Waals surface area contributed by atoms with Gasteiger partial charge in [0.05, 0.1) is 6.04 Å². The van der Waals surface area contributed by atoms with Gasteiger partial charge in [-0.2, -0.15) is 0 Å². The van der Waals surface area contributed by atoms with Gasteiger partial charge in [-0.05, 0) is 37.7 Å². The Labute approximate surface area is 116 Å². The maximum Gasteiger partial charge on any atom is 0.223 e. The minimum absolute atomic E-state index is 0.306. The third kappa shape index (κ3) is 3.59. The lowest BCUT2D eigenvalue weighted by atomic mass is 10.0. The zero-order chi connectivity index (χ0) is 13.8. The van der Waals surface area contributed by atoms with Gasteiger partial charge in [0.1, 0.15) is 0 Å². The van der Waals surface area contributed by atoms with Crippen molar-refractivity contribution < 1.29 is 4.79 Å². The Morgan fingerprint density at radius 1 is 1.26 bits per heavy atom. The molecule has 104 valence electrons. The van der Waals surface area contributed by atoms with Crippen LogP contribution in [0, 0.1) is 12.8 Å². The van der Waals surface area contributed by atoms with E-state index in [1.54, 1.807) is 0 Å². The summed E-state index contributed by atoms with van der Waals surface area (Å²) in [5.74, 6) is 1.05. The van der Waals surface area contributed by atoms with Crippen molar-refractivity contribution in [1.82, 2.24) is 4.90 Å². The van der Waals surface area contributed by atoms with Gasteiger partial charge in [-0.3, -0.25) is 4.79 Å². The van der Waals surface area contributed by atoms with Crippen LogP contribution in [-0.4, -0.2) is 17.4 Å². The van der Waals surface area contributed by atoms with E-state index in [2.05, 4.69) is 49.9 Å². The molecule has 0 aliphatic carbocycles. The summed E-state index contributed by atoms with van der Waals surface area (Å²) in [7, 11) is 0. The normalized spacial score (nSPS) is 19.5. The van der Waals surface area contributed by atoms with E-state index in [1.807, 2.05) is 0 Å². The van der Waals surface area contributed by atoms with Crippen LogP contribution in [0.1, 0.15) is 56.7 Å². The highest BCUT2D eigenvalue weighted by Crippen LogP contribution is 2.33. The fourth-order valence-electron chi connectivity index (χ4n) is 2.82. The average Bonchev–Trinajstić information content (AvgIpc) is 2.72. The second-order valence-electron chi connectivity index (χ2n) is 6.09. The van der Waals surface area contributed by atoms with Crippen molar-refractivity contribution in [1.29, 1.82) is 0 Å². The summed E-state index contributed by atoms with van der Waals surface area (Å²) in [5, 5.41) is 0. The van der Waals surface area contributed by atoms with Crippen molar-refractivity contribution in [3.8, 4) is 0 Å². The fourth-order valence-corrected chi connectivity index (χ4v) is 2.82. The van der Waals surface area contributed by atoms with Crippen LogP contribution in [0.15, 0.2) is 24.3 Å². The molecule has 1 aliphatic rings. The van der Waals surface area contributed by atoms with Crippen LogP contribution in [0.2, 0.25) is 0 Å². The SMILES string of the molecule is Cc1ccc(C2CCC(=O)N2CCCC(C)C)cc1. The Bertz CT molecular complexity index is 421. The van der Waals surface area contributed by atoms with Gasteiger partial charge in [-0.15, -0.1) is 0 Å². The Morgan fingerprint density at radius 2 is 1.95 bits per heavy atom. The lowest BCUT2D eigenvalue weighted by molar-refractivity contribution is -0.129.